The molecule has 0 aliphatic carbocycles. The van der Waals surface area contributed by atoms with E-state index in [9.17, 15) is 29.0 Å². The molecule has 0 amide bonds. The molecule has 13 nitrogen and oxygen atoms in total. The second-order valence-electron chi connectivity index (χ2n) is 11.0. The van der Waals surface area contributed by atoms with Gasteiger partial charge in [0.15, 0.2) is 0 Å². The minimum Gasteiger partial charge on any atom is -0.496 e. The van der Waals surface area contributed by atoms with Crippen LogP contribution in [0.4, 0.5) is 4.39 Å². The minimum absolute atomic E-state index is 0.0539. The van der Waals surface area contributed by atoms with Gasteiger partial charge in [0, 0.05) is 11.1 Å². The van der Waals surface area contributed by atoms with Crippen LogP contribution in [0.15, 0.2) is 40.2 Å². The quantitative estimate of drug-likeness (QED) is 0.145. The van der Waals surface area contributed by atoms with Crippen molar-refractivity contribution in [2.24, 2.45) is 0 Å². The maximum absolute atomic E-state index is 14.6. The monoisotopic (exact) mass is 647 g/mol. The summed E-state index contributed by atoms with van der Waals surface area (Å²) in [6.07, 6.45) is 2.32. The number of halogens is 1. The molecule has 1 unspecified atom stereocenters. The molecule has 3 aromatic heterocycles. The Bertz CT molecular complexity index is 1750. The predicted octanol–water partition coefficient (Wildman–Crippen LogP) is 2.84. The van der Waals surface area contributed by atoms with E-state index in [1.165, 1.54) is 60.9 Å². The fourth-order valence-corrected chi connectivity index (χ4v) is 6.10. The molecule has 0 saturated heterocycles. The van der Waals surface area contributed by atoms with E-state index in [1.54, 1.807) is 6.92 Å². The number of unbranched alkanes of at least 4 members (excludes halogenated alkanes) is 1. The number of aliphatic hydroxyl groups is 2. The van der Waals surface area contributed by atoms with Gasteiger partial charge in [-0.3, -0.25) is 9.36 Å². The molecule has 0 aliphatic heterocycles. The lowest BCUT2D eigenvalue weighted by molar-refractivity contribution is -0.153. The van der Waals surface area contributed by atoms with Crippen molar-refractivity contribution >= 4 is 27.5 Å². The first-order chi connectivity index (χ1) is 21.5. The largest absolute Gasteiger partial charge is 0.496 e. The van der Waals surface area contributed by atoms with E-state index in [1.807, 2.05) is 6.92 Å². The van der Waals surface area contributed by atoms with Crippen molar-refractivity contribution < 1.29 is 33.6 Å². The molecule has 2 N–H and O–H groups in total. The molecular weight excluding hydrogens is 609 g/mol. The normalized spacial score (nSPS) is 13.2. The van der Waals surface area contributed by atoms with E-state index in [0.29, 0.717) is 17.0 Å². The van der Waals surface area contributed by atoms with Crippen LogP contribution in [-0.2, 0) is 26.4 Å². The zero-order chi connectivity index (χ0) is 32.9. The zero-order valence-electron chi connectivity index (χ0n) is 25.9. The van der Waals surface area contributed by atoms with E-state index < -0.39 is 47.4 Å². The smallest absolute Gasteiger partial charge is 0.333 e. The van der Waals surface area contributed by atoms with Crippen LogP contribution >= 0.6 is 11.3 Å². The highest BCUT2D eigenvalue weighted by Crippen LogP contribution is 2.34. The number of aryl methyl sites for hydroxylation is 1. The highest BCUT2D eigenvalue weighted by Gasteiger charge is 2.37. The number of benzene rings is 1. The van der Waals surface area contributed by atoms with Gasteiger partial charge in [0.2, 0.25) is 0 Å². The summed E-state index contributed by atoms with van der Waals surface area (Å²) >= 11 is 1.10. The van der Waals surface area contributed by atoms with Gasteiger partial charge in [0.25, 0.3) is 5.56 Å². The highest BCUT2D eigenvalue weighted by atomic mass is 32.1. The van der Waals surface area contributed by atoms with Crippen molar-refractivity contribution in [2.75, 3.05) is 26.9 Å². The van der Waals surface area contributed by atoms with Gasteiger partial charge in [0.05, 0.1) is 57.4 Å². The second-order valence-corrected chi connectivity index (χ2v) is 12.0. The molecule has 45 heavy (non-hydrogen) atoms. The molecule has 15 heteroatoms. The van der Waals surface area contributed by atoms with Crippen LogP contribution in [0.1, 0.15) is 57.3 Å². The lowest BCUT2D eigenvalue weighted by Gasteiger charge is -2.27. The summed E-state index contributed by atoms with van der Waals surface area (Å²) in [5.41, 5.74) is -2.45. The first-order valence-corrected chi connectivity index (χ1v) is 15.3. The Kier molecular flexibility index (Phi) is 10.9. The lowest BCUT2D eigenvalue weighted by atomic mass is 10.0. The number of esters is 1. The summed E-state index contributed by atoms with van der Waals surface area (Å²) < 4.78 is 33.8. The molecule has 4 aromatic rings. The first kappa shape index (κ1) is 34.0. The molecule has 0 spiro atoms. The van der Waals surface area contributed by atoms with Crippen LogP contribution in [-0.4, -0.2) is 73.3 Å². The first-order valence-electron chi connectivity index (χ1n) is 14.5. The van der Waals surface area contributed by atoms with Crippen LogP contribution in [0.5, 0.6) is 5.75 Å². The van der Waals surface area contributed by atoms with Crippen molar-refractivity contribution in [3.05, 3.63) is 68.4 Å². The van der Waals surface area contributed by atoms with Gasteiger partial charge in [-0.15, -0.1) is 4.80 Å². The Hall–Kier alpha value is -3.92. The van der Waals surface area contributed by atoms with Crippen LogP contribution in [0.2, 0.25) is 0 Å². The minimum atomic E-state index is -1.70. The Morgan fingerprint density at radius 3 is 2.53 bits per heavy atom. The molecule has 1 aromatic carbocycles. The van der Waals surface area contributed by atoms with Gasteiger partial charge in [-0.25, -0.2) is 18.5 Å². The number of aliphatic hydroxyl groups excluding tert-OH is 2. The fourth-order valence-electron chi connectivity index (χ4n) is 4.88. The Morgan fingerprint density at radius 2 is 1.89 bits per heavy atom. The SMILES string of the molecule is CCCCOC(=O)C(C)(C)n1c(=O)c2c(C)c(-n3nccn3)sc2n(C[C@H](OCCC(O)CO)c2cc(F)ccc2OC)c1=O. The van der Waals surface area contributed by atoms with Crippen molar-refractivity contribution in [3.63, 3.8) is 0 Å². The van der Waals surface area contributed by atoms with Crippen LogP contribution in [0.25, 0.3) is 15.2 Å². The Labute approximate surface area is 262 Å². The molecule has 0 bridgehead atoms. The van der Waals surface area contributed by atoms with Crippen molar-refractivity contribution in [1.29, 1.82) is 0 Å². The number of nitrogens with zero attached hydrogens (tertiary/aromatic N) is 5. The third-order valence-electron chi connectivity index (χ3n) is 7.45. The second kappa shape index (κ2) is 14.5. The number of rotatable bonds is 15. The van der Waals surface area contributed by atoms with E-state index in [4.69, 9.17) is 14.2 Å². The topological polar surface area (TPSA) is 160 Å². The van der Waals surface area contributed by atoms with Crippen molar-refractivity contribution in [3.8, 4) is 10.8 Å². The maximum atomic E-state index is 14.6. The number of aromatic nitrogens is 5. The number of ether oxygens (including phenoxy) is 3. The van der Waals surface area contributed by atoms with E-state index >= 15 is 0 Å². The van der Waals surface area contributed by atoms with Gasteiger partial charge in [-0.1, -0.05) is 24.7 Å². The summed E-state index contributed by atoms with van der Waals surface area (Å²) in [4.78, 5) is 43.4. The molecule has 2 atom stereocenters. The number of thiophene rings is 1. The molecule has 0 aliphatic rings. The highest BCUT2D eigenvalue weighted by molar-refractivity contribution is 7.21. The molecule has 244 valence electrons. The number of fused-ring (bicyclic) bond motifs is 1. The van der Waals surface area contributed by atoms with Gasteiger partial charge in [-0.2, -0.15) is 10.2 Å². The number of hydrogen-bond acceptors (Lipinski definition) is 11. The predicted molar refractivity (Wildman–Crippen MR) is 165 cm³/mol. The van der Waals surface area contributed by atoms with E-state index in [-0.39, 0.29) is 47.7 Å². The third kappa shape index (κ3) is 7.01. The fraction of sp³-hybridized carbons (Fsp3) is 0.500. The zero-order valence-corrected chi connectivity index (χ0v) is 26.7. The van der Waals surface area contributed by atoms with E-state index in [0.717, 1.165) is 22.3 Å². The third-order valence-corrected chi connectivity index (χ3v) is 8.73. The van der Waals surface area contributed by atoms with Crippen LogP contribution < -0.4 is 16.0 Å². The van der Waals surface area contributed by atoms with Gasteiger partial charge in [0.1, 0.15) is 33.0 Å². The van der Waals surface area contributed by atoms with Crippen molar-refractivity contribution in [2.45, 2.75) is 71.2 Å². The number of carbonyl (C=O) groups is 1. The summed E-state index contributed by atoms with van der Waals surface area (Å²) in [5.74, 6) is -1.04. The average Bonchev–Trinajstić information content (AvgIpc) is 3.66. The molecular formula is C30H38FN5O8S. The summed E-state index contributed by atoms with van der Waals surface area (Å²) in [6.45, 7) is 5.87. The van der Waals surface area contributed by atoms with Crippen LogP contribution in [0.3, 0.4) is 0 Å². The Balaban J connectivity index is 1.96. The summed E-state index contributed by atoms with van der Waals surface area (Å²) in [7, 11) is 1.41. The Morgan fingerprint density at radius 1 is 1.18 bits per heavy atom. The number of carbonyl (C=O) groups excluding carboxylic acids is 1. The molecule has 0 radical (unpaired) electrons. The molecule has 0 saturated carbocycles. The average molecular weight is 648 g/mol. The standard InChI is InChI=1S/C30H38FN5O8S/c1-6-7-13-44-28(40)30(3,4)35-25(39)24-18(2)26(36-32-11-12-33-36)45-27(24)34(29(35)41)16-23(43-14-10-20(38)17-37)21-15-19(31)8-9-22(21)42-5/h8-9,11-12,15,20,23,37-38H,6-7,10,13-14,16-17H2,1-5H3/t20?,23-/m0/s1. The number of methoxy groups -OCH3 is 1. The molecule has 3 heterocycles. The van der Waals surface area contributed by atoms with Gasteiger partial charge in [-0.05, 0) is 51.8 Å². The summed E-state index contributed by atoms with van der Waals surface area (Å²) in [6, 6.07) is 3.87. The van der Waals surface area contributed by atoms with E-state index in [2.05, 4.69) is 10.2 Å². The molecule has 4 rings (SSSR count). The lowest BCUT2D eigenvalue weighted by Crippen LogP contribution is -2.53. The maximum Gasteiger partial charge on any atom is 0.333 e. The van der Waals surface area contributed by atoms with Crippen molar-refractivity contribution in [1.82, 2.24) is 24.1 Å². The number of hydrogen-bond donors (Lipinski definition) is 2. The summed E-state index contributed by atoms with van der Waals surface area (Å²) in [5, 5.41) is 28.2. The van der Waals surface area contributed by atoms with Crippen LogP contribution in [0, 0.1) is 12.7 Å². The molecule has 0 fully saturated rings. The van der Waals surface area contributed by atoms with Gasteiger partial charge >= 0.3 is 11.7 Å². The van der Waals surface area contributed by atoms with Gasteiger partial charge < -0.3 is 24.4 Å².